The molecule has 4 nitrogen and oxygen atoms in total. The molecule has 0 aliphatic heterocycles. The summed E-state index contributed by atoms with van der Waals surface area (Å²) in [7, 11) is 0. The maximum Gasteiger partial charge on any atom is 0.242 e. The average Bonchev–Trinajstić information content (AvgIpc) is 3.26. The number of halogens is 1. The first-order valence-corrected chi connectivity index (χ1v) is 12.8. The summed E-state index contributed by atoms with van der Waals surface area (Å²) in [6, 6.07) is 16.0. The Morgan fingerprint density at radius 2 is 1.84 bits per heavy atom. The largest absolute Gasteiger partial charge is 0.352 e. The van der Waals surface area contributed by atoms with E-state index in [1.165, 1.54) is 11.1 Å². The number of thioether (sulfide) groups is 1. The van der Waals surface area contributed by atoms with Gasteiger partial charge in [-0.2, -0.15) is 0 Å². The van der Waals surface area contributed by atoms with Gasteiger partial charge in [-0.15, -0.1) is 11.8 Å². The van der Waals surface area contributed by atoms with E-state index < -0.39 is 6.04 Å². The average molecular weight is 504 g/mol. The van der Waals surface area contributed by atoms with E-state index in [4.69, 9.17) is 0 Å². The van der Waals surface area contributed by atoms with Gasteiger partial charge >= 0.3 is 0 Å². The molecule has 2 aromatic rings. The lowest BCUT2D eigenvalue weighted by Crippen LogP contribution is -2.50. The second-order valence-corrected chi connectivity index (χ2v) is 10.2. The van der Waals surface area contributed by atoms with E-state index in [-0.39, 0.29) is 17.9 Å². The zero-order valence-electron chi connectivity index (χ0n) is 18.3. The fraction of sp³-hybridized carbons (Fsp3) is 0.440. The van der Waals surface area contributed by atoms with Gasteiger partial charge in [-0.3, -0.25) is 9.59 Å². The molecule has 0 spiro atoms. The van der Waals surface area contributed by atoms with Crippen LogP contribution in [-0.2, 0) is 21.9 Å². The summed E-state index contributed by atoms with van der Waals surface area (Å²) in [6.45, 7) is 4.33. The summed E-state index contributed by atoms with van der Waals surface area (Å²) in [6.07, 6.45) is 4.39. The summed E-state index contributed by atoms with van der Waals surface area (Å²) < 4.78 is 0.967. The van der Waals surface area contributed by atoms with Crippen LogP contribution < -0.4 is 5.32 Å². The Labute approximate surface area is 198 Å². The van der Waals surface area contributed by atoms with Crippen LogP contribution in [0.5, 0.6) is 0 Å². The van der Waals surface area contributed by atoms with E-state index in [0.717, 1.165) is 41.5 Å². The van der Waals surface area contributed by atoms with Crippen LogP contribution in [-0.4, -0.2) is 34.6 Å². The van der Waals surface area contributed by atoms with E-state index in [1.807, 2.05) is 31.2 Å². The van der Waals surface area contributed by atoms with Crippen LogP contribution in [0.2, 0.25) is 0 Å². The molecular weight excluding hydrogens is 472 g/mol. The Kier molecular flexibility index (Phi) is 9.02. The quantitative estimate of drug-likeness (QED) is 0.494. The zero-order chi connectivity index (χ0) is 22.2. The van der Waals surface area contributed by atoms with Crippen molar-refractivity contribution in [2.75, 3.05) is 5.75 Å². The third-order valence-electron chi connectivity index (χ3n) is 5.73. The molecule has 3 rings (SSSR count). The second-order valence-electron chi connectivity index (χ2n) is 8.30. The van der Waals surface area contributed by atoms with Crippen molar-refractivity contribution in [2.24, 2.45) is 0 Å². The van der Waals surface area contributed by atoms with Crippen molar-refractivity contribution in [3.05, 3.63) is 69.7 Å². The molecule has 2 aromatic carbocycles. The van der Waals surface area contributed by atoms with Crippen LogP contribution >= 0.6 is 27.7 Å². The third-order valence-corrected chi connectivity index (χ3v) is 7.21. The lowest BCUT2D eigenvalue weighted by atomic mass is 10.1. The highest BCUT2D eigenvalue weighted by Crippen LogP contribution is 2.20. The minimum atomic E-state index is -0.507. The molecular formula is C25H31BrN2O2S. The molecule has 166 valence electrons. The molecule has 0 saturated heterocycles. The monoisotopic (exact) mass is 502 g/mol. The predicted molar refractivity (Wildman–Crippen MR) is 132 cm³/mol. The molecule has 1 aliphatic rings. The first-order valence-electron chi connectivity index (χ1n) is 10.9. The van der Waals surface area contributed by atoms with Gasteiger partial charge in [0.05, 0.1) is 5.75 Å². The van der Waals surface area contributed by atoms with E-state index >= 15 is 0 Å². The van der Waals surface area contributed by atoms with Gasteiger partial charge in [0.2, 0.25) is 11.8 Å². The first-order chi connectivity index (χ1) is 14.9. The summed E-state index contributed by atoms with van der Waals surface area (Å²) in [5.41, 5.74) is 3.44. The van der Waals surface area contributed by atoms with Crippen molar-refractivity contribution in [1.82, 2.24) is 10.2 Å². The Bertz CT molecular complexity index is 881. The molecule has 1 aliphatic carbocycles. The molecule has 0 unspecified atom stereocenters. The van der Waals surface area contributed by atoms with E-state index in [9.17, 15) is 9.59 Å². The number of nitrogens with zero attached hydrogens (tertiary/aromatic N) is 1. The maximum atomic E-state index is 13.2. The Balaban J connectivity index is 1.65. The van der Waals surface area contributed by atoms with E-state index in [1.54, 1.807) is 16.7 Å². The van der Waals surface area contributed by atoms with Gasteiger partial charge in [-0.1, -0.05) is 70.7 Å². The Morgan fingerprint density at radius 3 is 2.52 bits per heavy atom. The summed E-state index contributed by atoms with van der Waals surface area (Å²) in [4.78, 5) is 27.8. The Hall–Kier alpha value is -1.79. The number of nitrogens with one attached hydrogen (secondary N) is 1. The number of carbonyl (C=O) groups excluding carboxylic acids is 2. The lowest BCUT2D eigenvalue weighted by molar-refractivity contribution is -0.138. The Morgan fingerprint density at radius 1 is 1.13 bits per heavy atom. The highest BCUT2D eigenvalue weighted by Gasteiger charge is 2.28. The van der Waals surface area contributed by atoms with Gasteiger partial charge in [0.15, 0.2) is 0 Å². The van der Waals surface area contributed by atoms with Crippen LogP contribution in [0.25, 0.3) is 0 Å². The van der Waals surface area contributed by atoms with Crippen LogP contribution in [0, 0.1) is 6.92 Å². The van der Waals surface area contributed by atoms with Gasteiger partial charge < -0.3 is 10.2 Å². The zero-order valence-corrected chi connectivity index (χ0v) is 20.7. The topological polar surface area (TPSA) is 49.4 Å². The second kappa shape index (κ2) is 11.7. The first kappa shape index (κ1) is 23.9. The summed E-state index contributed by atoms with van der Waals surface area (Å²) in [5, 5.41) is 3.15. The molecule has 1 saturated carbocycles. The van der Waals surface area contributed by atoms with Crippen LogP contribution in [0.3, 0.4) is 0 Å². The number of carbonyl (C=O) groups is 2. The van der Waals surface area contributed by atoms with Crippen molar-refractivity contribution in [3.63, 3.8) is 0 Å². The summed E-state index contributed by atoms with van der Waals surface area (Å²) >= 11 is 5.09. The molecule has 0 heterocycles. The van der Waals surface area contributed by atoms with E-state index in [2.05, 4.69) is 52.4 Å². The van der Waals surface area contributed by atoms with Crippen molar-refractivity contribution < 1.29 is 9.59 Å². The predicted octanol–water partition coefficient (Wildman–Crippen LogP) is 5.47. The molecule has 1 N–H and O–H groups in total. The molecule has 6 heteroatoms. The number of amides is 2. The molecule has 0 bridgehead atoms. The molecule has 31 heavy (non-hydrogen) atoms. The van der Waals surface area contributed by atoms with Gasteiger partial charge in [-0.25, -0.2) is 0 Å². The number of hydrogen-bond acceptors (Lipinski definition) is 3. The van der Waals surface area contributed by atoms with Crippen molar-refractivity contribution >= 4 is 39.5 Å². The van der Waals surface area contributed by atoms with Crippen molar-refractivity contribution in [3.8, 4) is 0 Å². The van der Waals surface area contributed by atoms with Crippen LogP contribution in [0.15, 0.2) is 53.0 Å². The highest BCUT2D eigenvalue weighted by molar-refractivity contribution is 9.10. The van der Waals surface area contributed by atoms with E-state index in [0.29, 0.717) is 12.3 Å². The molecule has 1 fully saturated rings. The maximum absolute atomic E-state index is 13.2. The molecule has 0 radical (unpaired) electrons. The van der Waals surface area contributed by atoms with Gasteiger partial charge in [0.25, 0.3) is 0 Å². The highest BCUT2D eigenvalue weighted by atomic mass is 79.9. The fourth-order valence-electron chi connectivity index (χ4n) is 3.83. The third kappa shape index (κ3) is 7.39. The summed E-state index contributed by atoms with van der Waals surface area (Å²) in [5.74, 6) is 1.06. The van der Waals surface area contributed by atoms with Crippen LogP contribution in [0.1, 0.15) is 49.3 Å². The van der Waals surface area contributed by atoms with Gasteiger partial charge in [0, 0.05) is 22.8 Å². The molecule has 2 amide bonds. The normalized spacial score (nSPS) is 14.9. The standard InChI is InChI=1S/C25H31BrN2O2S/c1-18-10-12-20(13-11-18)16-31-17-24(29)28(15-21-6-5-7-22(26)14-21)19(2)25(30)27-23-8-3-4-9-23/h5-7,10-14,19,23H,3-4,8-9,15-17H2,1-2H3,(H,27,30)/t19-/m0/s1. The van der Waals surface area contributed by atoms with Gasteiger partial charge in [-0.05, 0) is 49.9 Å². The number of hydrogen-bond donors (Lipinski definition) is 1. The van der Waals surface area contributed by atoms with Crippen molar-refractivity contribution in [2.45, 2.75) is 63.9 Å². The minimum Gasteiger partial charge on any atom is -0.352 e. The van der Waals surface area contributed by atoms with Gasteiger partial charge in [0.1, 0.15) is 6.04 Å². The molecule has 0 aromatic heterocycles. The lowest BCUT2D eigenvalue weighted by Gasteiger charge is -2.29. The molecule has 1 atom stereocenters. The number of benzene rings is 2. The SMILES string of the molecule is Cc1ccc(CSCC(=O)N(Cc2cccc(Br)c2)[C@@H](C)C(=O)NC2CCCC2)cc1. The minimum absolute atomic E-state index is 0.00819. The smallest absolute Gasteiger partial charge is 0.242 e. The fourth-order valence-corrected chi connectivity index (χ4v) is 5.15. The number of rotatable bonds is 9. The number of aryl methyl sites for hydroxylation is 1. The van der Waals surface area contributed by atoms with Crippen LogP contribution in [0.4, 0.5) is 0 Å². The van der Waals surface area contributed by atoms with Crippen molar-refractivity contribution in [1.29, 1.82) is 0 Å².